The SMILES string of the molecule is COCC(C)NC(N)=NCC1(C)COC1. The van der Waals surface area contributed by atoms with Gasteiger partial charge in [-0.1, -0.05) is 6.92 Å². The van der Waals surface area contributed by atoms with Gasteiger partial charge in [0.2, 0.25) is 0 Å². The van der Waals surface area contributed by atoms with Crippen molar-refractivity contribution in [2.45, 2.75) is 19.9 Å². The number of methoxy groups -OCH3 is 1. The molecule has 88 valence electrons. The number of hydrogen-bond donors (Lipinski definition) is 2. The fourth-order valence-corrected chi connectivity index (χ4v) is 1.41. The molecule has 3 N–H and O–H groups in total. The zero-order valence-electron chi connectivity index (χ0n) is 9.75. The molecule has 1 fully saturated rings. The van der Waals surface area contributed by atoms with Crippen molar-refractivity contribution in [3.8, 4) is 0 Å². The molecule has 1 aliphatic rings. The van der Waals surface area contributed by atoms with Crippen molar-refractivity contribution in [3.63, 3.8) is 0 Å². The molecule has 1 saturated heterocycles. The minimum absolute atomic E-state index is 0.177. The third kappa shape index (κ3) is 4.05. The van der Waals surface area contributed by atoms with Gasteiger partial charge < -0.3 is 20.5 Å². The van der Waals surface area contributed by atoms with Crippen molar-refractivity contribution in [2.75, 3.05) is 33.5 Å². The van der Waals surface area contributed by atoms with Gasteiger partial charge in [-0.15, -0.1) is 0 Å². The van der Waals surface area contributed by atoms with Crippen LogP contribution in [0.2, 0.25) is 0 Å². The molecule has 1 unspecified atom stereocenters. The summed E-state index contributed by atoms with van der Waals surface area (Å²) in [6.07, 6.45) is 0. The highest BCUT2D eigenvalue weighted by molar-refractivity contribution is 5.78. The Hall–Kier alpha value is -0.810. The molecule has 0 aromatic heterocycles. The number of nitrogens with one attached hydrogen (secondary N) is 1. The predicted molar refractivity (Wildman–Crippen MR) is 59.9 cm³/mol. The van der Waals surface area contributed by atoms with Gasteiger partial charge in [0.1, 0.15) is 0 Å². The molecule has 5 nitrogen and oxygen atoms in total. The van der Waals surface area contributed by atoms with Gasteiger partial charge in [-0.25, -0.2) is 0 Å². The first-order chi connectivity index (χ1) is 7.06. The van der Waals surface area contributed by atoms with Crippen LogP contribution in [0.3, 0.4) is 0 Å². The number of rotatable bonds is 5. The fraction of sp³-hybridized carbons (Fsp3) is 0.900. The van der Waals surface area contributed by atoms with Gasteiger partial charge >= 0.3 is 0 Å². The maximum Gasteiger partial charge on any atom is 0.188 e. The molecule has 0 bridgehead atoms. The summed E-state index contributed by atoms with van der Waals surface area (Å²) in [5.74, 6) is 0.479. The van der Waals surface area contributed by atoms with Crippen molar-refractivity contribution in [3.05, 3.63) is 0 Å². The van der Waals surface area contributed by atoms with E-state index in [2.05, 4.69) is 17.2 Å². The van der Waals surface area contributed by atoms with Gasteiger partial charge in [0.15, 0.2) is 5.96 Å². The summed E-state index contributed by atoms with van der Waals surface area (Å²) in [7, 11) is 1.66. The summed E-state index contributed by atoms with van der Waals surface area (Å²) in [6, 6.07) is 0.184. The minimum Gasteiger partial charge on any atom is -0.383 e. The van der Waals surface area contributed by atoms with Crippen LogP contribution in [-0.4, -0.2) is 45.5 Å². The highest BCUT2D eigenvalue weighted by Gasteiger charge is 2.32. The molecule has 1 rings (SSSR count). The standard InChI is InChI=1S/C10H21N3O2/c1-8(4-14-3)13-9(11)12-5-10(2)6-15-7-10/h8H,4-7H2,1-3H3,(H3,11,12,13). The van der Waals surface area contributed by atoms with E-state index in [1.807, 2.05) is 6.92 Å². The largest absolute Gasteiger partial charge is 0.383 e. The topological polar surface area (TPSA) is 68.9 Å². The van der Waals surface area contributed by atoms with Crippen LogP contribution in [0.4, 0.5) is 0 Å². The molecule has 15 heavy (non-hydrogen) atoms. The van der Waals surface area contributed by atoms with E-state index in [0.717, 1.165) is 13.2 Å². The third-order valence-corrected chi connectivity index (χ3v) is 2.34. The second-order valence-corrected chi connectivity index (χ2v) is 4.51. The Bertz CT molecular complexity index is 227. The lowest BCUT2D eigenvalue weighted by Gasteiger charge is -2.36. The van der Waals surface area contributed by atoms with Gasteiger partial charge in [-0.2, -0.15) is 0 Å². The van der Waals surface area contributed by atoms with E-state index in [1.165, 1.54) is 0 Å². The van der Waals surface area contributed by atoms with E-state index < -0.39 is 0 Å². The lowest BCUT2D eigenvalue weighted by molar-refractivity contribution is -0.0945. The Morgan fingerprint density at radius 2 is 2.33 bits per heavy atom. The lowest BCUT2D eigenvalue weighted by Crippen LogP contribution is -2.45. The Labute approximate surface area is 91.0 Å². The average Bonchev–Trinajstić information content (AvgIpc) is 2.12. The van der Waals surface area contributed by atoms with Gasteiger partial charge in [0.25, 0.3) is 0 Å². The van der Waals surface area contributed by atoms with E-state index >= 15 is 0 Å². The molecule has 0 spiro atoms. The number of aliphatic imine (C=N–C) groups is 1. The quantitative estimate of drug-likeness (QED) is 0.499. The van der Waals surface area contributed by atoms with E-state index in [-0.39, 0.29) is 11.5 Å². The smallest absolute Gasteiger partial charge is 0.188 e. The molecule has 1 atom stereocenters. The first-order valence-corrected chi connectivity index (χ1v) is 5.19. The van der Waals surface area contributed by atoms with Crippen molar-refractivity contribution in [2.24, 2.45) is 16.1 Å². The molecule has 0 aliphatic carbocycles. The predicted octanol–water partition coefficient (Wildman–Crippen LogP) is -0.0379. The Balaban J connectivity index is 2.26. The van der Waals surface area contributed by atoms with Crippen LogP contribution in [0.5, 0.6) is 0 Å². The molecule has 1 aliphatic heterocycles. The first-order valence-electron chi connectivity index (χ1n) is 5.19. The normalized spacial score (nSPS) is 21.9. The number of ether oxygens (including phenoxy) is 2. The van der Waals surface area contributed by atoms with E-state index in [1.54, 1.807) is 7.11 Å². The van der Waals surface area contributed by atoms with E-state index in [4.69, 9.17) is 15.2 Å². The van der Waals surface area contributed by atoms with E-state index in [0.29, 0.717) is 19.1 Å². The number of nitrogens with two attached hydrogens (primary N) is 1. The minimum atomic E-state index is 0.177. The summed E-state index contributed by atoms with van der Waals surface area (Å²) in [5.41, 5.74) is 5.91. The summed E-state index contributed by atoms with van der Waals surface area (Å²) in [6.45, 7) is 7.03. The van der Waals surface area contributed by atoms with Gasteiger partial charge in [0, 0.05) is 18.6 Å². The van der Waals surface area contributed by atoms with Crippen LogP contribution in [0.25, 0.3) is 0 Å². The number of guanidine groups is 1. The molecule has 0 amide bonds. The van der Waals surface area contributed by atoms with Gasteiger partial charge in [0.05, 0.1) is 26.4 Å². The summed E-state index contributed by atoms with van der Waals surface area (Å²) in [4.78, 5) is 4.29. The van der Waals surface area contributed by atoms with Crippen LogP contribution < -0.4 is 11.1 Å². The highest BCUT2D eigenvalue weighted by atomic mass is 16.5. The summed E-state index contributed by atoms with van der Waals surface area (Å²) < 4.78 is 10.1. The van der Waals surface area contributed by atoms with Crippen molar-refractivity contribution >= 4 is 5.96 Å². The van der Waals surface area contributed by atoms with Crippen molar-refractivity contribution < 1.29 is 9.47 Å². The Morgan fingerprint density at radius 3 is 2.80 bits per heavy atom. The zero-order chi connectivity index (χ0) is 11.3. The van der Waals surface area contributed by atoms with Crippen molar-refractivity contribution in [1.29, 1.82) is 0 Å². The maximum absolute atomic E-state index is 5.73. The highest BCUT2D eigenvalue weighted by Crippen LogP contribution is 2.26. The monoisotopic (exact) mass is 215 g/mol. The second kappa shape index (κ2) is 5.32. The zero-order valence-corrected chi connectivity index (χ0v) is 9.75. The lowest BCUT2D eigenvalue weighted by atomic mass is 9.89. The first kappa shape index (κ1) is 12.3. The fourth-order valence-electron chi connectivity index (χ4n) is 1.41. The molecule has 0 aromatic rings. The molecular formula is C10H21N3O2. The summed E-state index contributed by atoms with van der Waals surface area (Å²) in [5, 5.41) is 3.06. The number of hydrogen-bond acceptors (Lipinski definition) is 3. The summed E-state index contributed by atoms with van der Waals surface area (Å²) >= 11 is 0. The molecule has 0 radical (unpaired) electrons. The average molecular weight is 215 g/mol. The van der Waals surface area contributed by atoms with Crippen LogP contribution in [0, 0.1) is 5.41 Å². The maximum atomic E-state index is 5.73. The Morgan fingerprint density at radius 1 is 1.67 bits per heavy atom. The molecule has 5 heteroatoms. The third-order valence-electron chi connectivity index (χ3n) is 2.34. The van der Waals surface area contributed by atoms with Crippen LogP contribution in [0.1, 0.15) is 13.8 Å². The molecular weight excluding hydrogens is 194 g/mol. The molecule has 1 heterocycles. The molecule has 0 aromatic carbocycles. The van der Waals surface area contributed by atoms with Crippen LogP contribution in [0.15, 0.2) is 4.99 Å². The van der Waals surface area contributed by atoms with Gasteiger partial charge in [-0.05, 0) is 6.92 Å². The van der Waals surface area contributed by atoms with Crippen LogP contribution in [-0.2, 0) is 9.47 Å². The Kier molecular flexibility index (Phi) is 4.35. The van der Waals surface area contributed by atoms with Gasteiger partial charge in [-0.3, -0.25) is 4.99 Å². The number of nitrogens with zero attached hydrogens (tertiary/aromatic N) is 1. The van der Waals surface area contributed by atoms with E-state index in [9.17, 15) is 0 Å². The second-order valence-electron chi connectivity index (χ2n) is 4.51. The van der Waals surface area contributed by atoms with Crippen molar-refractivity contribution in [1.82, 2.24) is 5.32 Å². The van der Waals surface area contributed by atoms with Crippen LogP contribution >= 0.6 is 0 Å². The molecule has 0 saturated carbocycles.